The van der Waals surface area contributed by atoms with Gasteiger partial charge in [-0.3, -0.25) is 20.0 Å². The predicted molar refractivity (Wildman–Crippen MR) is 88.9 cm³/mol. The molecule has 0 aliphatic heterocycles. The maximum Gasteiger partial charge on any atom is 0.292 e. The van der Waals surface area contributed by atoms with Gasteiger partial charge in [-0.1, -0.05) is 12.1 Å². The average molecular weight is 329 g/mol. The molecule has 1 aliphatic carbocycles. The second-order valence-corrected chi connectivity index (χ2v) is 5.74. The monoisotopic (exact) mass is 329 g/mol. The van der Waals surface area contributed by atoms with Crippen LogP contribution in [0, 0.1) is 10.1 Å². The van der Waals surface area contributed by atoms with Gasteiger partial charge in [-0.05, 0) is 25.3 Å². The smallest absolute Gasteiger partial charge is 0.292 e. The lowest BCUT2D eigenvalue weighted by Gasteiger charge is -2.21. The third-order valence-electron chi connectivity index (χ3n) is 4.20. The molecule has 1 amide bonds. The number of aromatic nitrogens is 2. The number of anilines is 1. The Kier molecular flexibility index (Phi) is 4.74. The zero-order chi connectivity index (χ0) is 16.9. The van der Waals surface area contributed by atoms with Crippen molar-refractivity contribution in [3.8, 4) is 0 Å². The number of carbonyl (C=O) groups is 1. The van der Waals surface area contributed by atoms with Crippen molar-refractivity contribution in [1.29, 1.82) is 0 Å². The van der Waals surface area contributed by atoms with E-state index in [1.807, 2.05) is 0 Å². The number of nitro groups is 1. The molecule has 24 heavy (non-hydrogen) atoms. The minimum absolute atomic E-state index is 0.0262. The third kappa shape index (κ3) is 3.37. The van der Waals surface area contributed by atoms with Crippen LogP contribution in [0.15, 0.2) is 30.5 Å². The maximum atomic E-state index is 12.4. The summed E-state index contributed by atoms with van der Waals surface area (Å²) in [5.41, 5.74) is 2.50. The van der Waals surface area contributed by atoms with E-state index in [0.717, 1.165) is 30.5 Å². The maximum absolute atomic E-state index is 12.4. The highest BCUT2D eigenvalue weighted by molar-refractivity contribution is 5.84. The first-order valence-electron chi connectivity index (χ1n) is 7.94. The lowest BCUT2D eigenvalue weighted by molar-refractivity contribution is -0.384. The van der Waals surface area contributed by atoms with Gasteiger partial charge in [0.25, 0.3) is 5.69 Å². The van der Waals surface area contributed by atoms with Crippen LogP contribution in [-0.4, -0.2) is 34.1 Å². The van der Waals surface area contributed by atoms with Crippen molar-refractivity contribution in [3.05, 3.63) is 51.8 Å². The summed E-state index contributed by atoms with van der Waals surface area (Å²) in [6.45, 7) is 0.816. The van der Waals surface area contributed by atoms with Crippen LogP contribution in [0.5, 0.6) is 0 Å². The van der Waals surface area contributed by atoms with Crippen LogP contribution in [-0.2, 0) is 11.2 Å². The van der Waals surface area contributed by atoms with Gasteiger partial charge in [-0.2, -0.15) is 5.10 Å². The highest BCUT2D eigenvalue weighted by atomic mass is 16.6. The standard InChI is InChI=1S/C16H19N5O3/c22-16(11-4-3-6-13-12(11)10-19-20-13)18-9-8-17-14-5-1-2-7-15(14)21(23)24/h1-2,5,7,10-11,17H,3-4,6,8-9H2,(H,18,22)(H,19,20)/t11-/m1/s1. The minimum atomic E-state index is -0.427. The van der Waals surface area contributed by atoms with Crippen LogP contribution >= 0.6 is 0 Å². The fourth-order valence-corrected chi connectivity index (χ4v) is 3.02. The molecule has 0 saturated heterocycles. The summed E-state index contributed by atoms with van der Waals surface area (Å²) in [4.78, 5) is 22.9. The summed E-state index contributed by atoms with van der Waals surface area (Å²) in [6, 6.07) is 6.45. The fraction of sp³-hybridized carbons (Fsp3) is 0.375. The molecule has 1 atom stereocenters. The minimum Gasteiger partial charge on any atom is -0.378 e. The number of nitrogens with zero attached hydrogens (tertiary/aromatic N) is 2. The number of aryl methyl sites for hydroxylation is 1. The Hall–Kier alpha value is -2.90. The fourth-order valence-electron chi connectivity index (χ4n) is 3.02. The van der Waals surface area contributed by atoms with Gasteiger partial charge in [0, 0.05) is 30.4 Å². The Morgan fingerprint density at radius 1 is 1.38 bits per heavy atom. The zero-order valence-corrected chi connectivity index (χ0v) is 13.1. The number of para-hydroxylation sites is 2. The van der Waals surface area contributed by atoms with Gasteiger partial charge in [0.1, 0.15) is 5.69 Å². The van der Waals surface area contributed by atoms with Crippen LogP contribution in [0.4, 0.5) is 11.4 Å². The average Bonchev–Trinajstić information content (AvgIpc) is 3.07. The lowest BCUT2D eigenvalue weighted by Crippen LogP contribution is -2.34. The van der Waals surface area contributed by atoms with Crippen molar-refractivity contribution in [2.45, 2.75) is 25.2 Å². The Morgan fingerprint density at radius 3 is 3.04 bits per heavy atom. The van der Waals surface area contributed by atoms with Crippen molar-refractivity contribution in [3.63, 3.8) is 0 Å². The van der Waals surface area contributed by atoms with E-state index in [0.29, 0.717) is 18.8 Å². The zero-order valence-electron chi connectivity index (χ0n) is 13.1. The van der Waals surface area contributed by atoms with Crippen LogP contribution in [0.2, 0.25) is 0 Å². The topological polar surface area (TPSA) is 113 Å². The van der Waals surface area contributed by atoms with Gasteiger partial charge >= 0.3 is 0 Å². The first-order valence-corrected chi connectivity index (χ1v) is 7.94. The van der Waals surface area contributed by atoms with Crippen molar-refractivity contribution < 1.29 is 9.72 Å². The molecule has 126 valence electrons. The van der Waals surface area contributed by atoms with E-state index < -0.39 is 4.92 Å². The summed E-state index contributed by atoms with van der Waals surface area (Å²) in [5.74, 6) is -0.194. The predicted octanol–water partition coefficient (Wildman–Crippen LogP) is 1.97. The molecule has 0 unspecified atom stereocenters. The summed E-state index contributed by atoms with van der Waals surface area (Å²) >= 11 is 0. The Bertz CT molecular complexity index is 743. The molecule has 0 fully saturated rings. The van der Waals surface area contributed by atoms with Crippen molar-refractivity contribution in [1.82, 2.24) is 15.5 Å². The SMILES string of the molecule is O=C(NCCNc1ccccc1[N+](=O)[O-])[C@@H]1CCCc2[nH]ncc21. The molecule has 1 aliphatic rings. The number of carbonyl (C=O) groups excluding carboxylic acids is 1. The number of hydrogen-bond donors (Lipinski definition) is 3. The van der Waals surface area contributed by atoms with Gasteiger partial charge in [0.05, 0.1) is 17.0 Å². The van der Waals surface area contributed by atoms with E-state index in [-0.39, 0.29) is 17.5 Å². The highest BCUT2D eigenvalue weighted by Crippen LogP contribution is 2.30. The normalized spacial score (nSPS) is 16.2. The van der Waals surface area contributed by atoms with Crippen molar-refractivity contribution in [2.24, 2.45) is 0 Å². The van der Waals surface area contributed by atoms with Crippen molar-refractivity contribution in [2.75, 3.05) is 18.4 Å². The summed E-state index contributed by atoms with van der Waals surface area (Å²) in [7, 11) is 0. The molecule has 0 bridgehead atoms. The quantitative estimate of drug-likeness (QED) is 0.426. The van der Waals surface area contributed by atoms with Gasteiger partial charge in [0.15, 0.2) is 0 Å². The number of aromatic amines is 1. The van der Waals surface area contributed by atoms with Gasteiger partial charge in [0.2, 0.25) is 5.91 Å². The van der Waals surface area contributed by atoms with E-state index in [1.54, 1.807) is 24.4 Å². The van der Waals surface area contributed by atoms with E-state index in [9.17, 15) is 14.9 Å². The van der Waals surface area contributed by atoms with E-state index in [1.165, 1.54) is 6.07 Å². The summed E-state index contributed by atoms with van der Waals surface area (Å²) in [5, 5.41) is 23.8. The van der Waals surface area contributed by atoms with Gasteiger partial charge in [-0.15, -0.1) is 0 Å². The number of benzene rings is 1. The molecule has 1 heterocycles. The van der Waals surface area contributed by atoms with Crippen LogP contribution < -0.4 is 10.6 Å². The molecular weight excluding hydrogens is 310 g/mol. The Morgan fingerprint density at radius 2 is 2.21 bits per heavy atom. The number of H-pyrrole nitrogens is 1. The van der Waals surface area contributed by atoms with Crippen LogP contribution in [0.1, 0.15) is 30.0 Å². The molecule has 2 aromatic rings. The molecular formula is C16H19N5O3. The molecule has 3 rings (SSSR count). The number of amides is 1. The largest absolute Gasteiger partial charge is 0.378 e. The summed E-state index contributed by atoms with van der Waals surface area (Å²) in [6.07, 6.45) is 4.43. The summed E-state index contributed by atoms with van der Waals surface area (Å²) < 4.78 is 0. The number of nitrogens with one attached hydrogen (secondary N) is 3. The van der Waals surface area contributed by atoms with Gasteiger partial charge in [-0.25, -0.2) is 0 Å². The highest BCUT2D eigenvalue weighted by Gasteiger charge is 2.27. The molecule has 8 heteroatoms. The molecule has 0 spiro atoms. The Labute approximate surface area is 138 Å². The number of nitro benzene ring substituents is 1. The first-order chi connectivity index (χ1) is 11.7. The number of fused-ring (bicyclic) bond motifs is 1. The molecule has 0 saturated carbocycles. The van der Waals surface area contributed by atoms with Crippen molar-refractivity contribution >= 4 is 17.3 Å². The second kappa shape index (κ2) is 7.12. The van der Waals surface area contributed by atoms with E-state index >= 15 is 0 Å². The number of rotatable bonds is 6. The van der Waals surface area contributed by atoms with Gasteiger partial charge < -0.3 is 10.6 Å². The molecule has 1 aromatic heterocycles. The van der Waals surface area contributed by atoms with Crippen LogP contribution in [0.3, 0.4) is 0 Å². The molecule has 8 nitrogen and oxygen atoms in total. The van der Waals surface area contributed by atoms with E-state index in [2.05, 4.69) is 20.8 Å². The first kappa shape index (κ1) is 16.0. The lowest BCUT2D eigenvalue weighted by atomic mass is 9.86. The van der Waals surface area contributed by atoms with Crippen LogP contribution in [0.25, 0.3) is 0 Å². The molecule has 0 radical (unpaired) electrons. The number of hydrogen-bond acceptors (Lipinski definition) is 5. The third-order valence-corrected chi connectivity index (χ3v) is 4.20. The second-order valence-electron chi connectivity index (χ2n) is 5.74. The molecule has 1 aromatic carbocycles. The Balaban J connectivity index is 1.51. The molecule has 3 N–H and O–H groups in total. The van der Waals surface area contributed by atoms with E-state index in [4.69, 9.17) is 0 Å².